The molecule has 0 saturated carbocycles. The van der Waals surface area contributed by atoms with Crippen LogP contribution in [0.15, 0.2) is 18.2 Å². The molecule has 2 aromatic rings. The van der Waals surface area contributed by atoms with Crippen LogP contribution in [0.3, 0.4) is 0 Å². The smallest absolute Gasteiger partial charge is 0.202 e. The number of hydrogen-bond donors (Lipinski definition) is 8. The van der Waals surface area contributed by atoms with Crippen LogP contribution < -0.4 is 15.4 Å². The topological polar surface area (TPSA) is 241 Å². The summed E-state index contributed by atoms with van der Waals surface area (Å²) < 4.78 is 17.4. The monoisotopic (exact) mass is 686 g/mol. The lowest BCUT2D eigenvalue weighted by molar-refractivity contribution is -0.249. The molecule has 2 fully saturated rings. The fourth-order valence-corrected chi connectivity index (χ4v) is 7.24. The number of aliphatic hydroxyl groups is 4. The normalized spacial score (nSPS) is 30.5. The summed E-state index contributed by atoms with van der Waals surface area (Å²) >= 11 is 0. The van der Waals surface area contributed by atoms with Gasteiger partial charge in [0.05, 0.1) is 60.8 Å². The van der Waals surface area contributed by atoms with E-state index < -0.39 is 108 Å². The van der Waals surface area contributed by atoms with E-state index in [1.807, 2.05) is 0 Å². The first-order chi connectivity index (χ1) is 22.8. The second-order valence-corrected chi connectivity index (χ2v) is 12.8. The number of benzene rings is 2. The zero-order valence-electron chi connectivity index (χ0n) is 26.3. The van der Waals surface area contributed by atoms with Crippen molar-refractivity contribution < 1.29 is 64.0 Å². The zero-order chi connectivity index (χ0) is 34.7. The minimum absolute atomic E-state index is 0. The highest BCUT2D eigenvalue weighted by atomic mass is 16.7. The van der Waals surface area contributed by atoms with Crippen molar-refractivity contribution in [1.82, 2.24) is 10.6 Å². The maximum absolute atomic E-state index is 13.8. The Kier molecular flexibility index (Phi) is 10.3. The van der Waals surface area contributed by atoms with Gasteiger partial charge in [-0.05, 0) is 19.4 Å². The zero-order valence-corrected chi connectivity index (χ0v) is 26.3. The van der Waals surface area contributed by atoms with E-state index in [2.05, 4.69) is 10.6 Å². The van der Waals surface area contributed by atoms with Crippen LogP contribution in [0.5, 0.6) is 17.2 Å². The highest BCUT2D eigenvalue weighted by molar-refractivity contribution is 6.31. The number of fused-ring (bicyclic) bond motifs is 3. The van der Waals surface area contributed by atoms with Crippen LogP contribution in [0.2, 0.25) is 0 Å². The summed E-state index contributed by atoms with van der Waals surface area (Å²) in [6.07, 6.45) is -6.06. The molecule has 15 nitrogen and oxygen atoms in total. The van der Waals surface area contributed by atoms with Crippen LogP contribution in [0.4, 0.5) is 0 Å². The summed E-state index contributed by atoms with van der Waals surface area (Å²) in [7, 11) is 1.31. The number of β-amino-alcohol motifs (C(OH)–C–C–N with tert-alkyl or cyclic N) is 1. The molecule has 49 heavy (non-hydrogen) atoms. The van der Waals surface area contributed by atoms with Gasteiger partial charge in [0.25, 0.3) is 0 Å². The highest BCUT2D eigenvalue weighted by Gasteiger charge is 2.50. The number of Topliss-reactive ketones (excluding diaryl/α,β-unsaturated/α-hetero) is 2. The van der Waals surface area contributed by atoms with Crippen LogP contribution >= 0.6 is 0 Å². The Morgan fingerprint density at radius 3 is 2.45 bits per heavy atom. The Morgan fingerprint density at radius 1 is 1.08 bits per heavy atom. The Bertz CT molecular complexity index is 1680. The molecule has 4 unspecified atom stereocenters. The van der Waals surface area contributed by atoms with Gasteiger partial charge in [0.15, 0.2) is 23.6 Å². The number of phenolic OH excluding ortho intramolecular Hbond substituents is 2. The molecule has 4 aliphatic rings. The van der Waals surface area contributed by atoms with E-state index in [4.69, 9.17) is 14.2 Å². The molecule has 0 spiro atoms. The molecule has 2 aliphatic carbocycles. The fraction of sp³-hybridized carbons (Fsp3) is 0.529. The predicted molar refractivity (Wildman–Crippen MR) is 170 cm³/mol. The number of ketones is 4. The average Bonchev–Trinajstić information content (AvgIpc) is 3.51. The van der Waals surface area contributed by atoms with Crippen molar-refractivity contribution in [3.63, 3.8) is 0 Å². The number of methoxy groups -OCH3 is 1. The Morgan fingerprint density at radius 2 is 1.80 bits per heavy atom. The van der Waals surface area contributed by atoms with Gasteiger partial charge in [-0.1, -0.05) is 19.6 Å². The molecule has 0 amide bonds. The Balaban J connectivity index is 0.00000468. The predicted octanol–water partition coefficient (Wildman–Crippen LogP) is -0.440. The van der Waals surface area contributed by atoms with Crippen LogP contribution in [-0.4, -0.2) is 123 Å². The minimum Gasteiger partial charge on any atom is -0.507 e. The molecule has 6 rings (SSSR count). The molecule has 2 aliphatic heterocycles. The van der Waals surface area contributed by atoms with E-state index in [1.165, 1.54) is 25.3 Å². The lowest BCUT2D eigenvalue weighted by atomic mass is 9.72. The quantitative estimate of drug-likeness (QED) is 0.133. The van der Waals surface area contributed by atoms with E-state index >= 15 is 0 Å². The van der Waals surface area contributed by atoms with Gasteiger partial charge in [-0.3, -0.25) is 19.2 Å². The summed E-state index contributed by atoms with van der Waals surface area (Å²) in [5.41, 5.74) is -3.90. The summed E-state index contributed by atoms with van der Waals surface area (Å²) in [5.74, 6) is -4.19. The van der Waals surface area contributed by atoms with Gasteiger partial charge in [0, 0.05) is 48.5 Å². The first-order valence-corrected chi connectivity index (χ1v) is 15.7. The van der Waals surface area contributed by atoms with Crippen LogP contribution in [0.1, 0.15) is 82.7 Å². The van der Waals surface area contributed by atoms with E-state index in [9.17, 15) is 49.8 Å². The first-order valence-electron chi connectivity index (χ1n) is 15.7. The molecule has 8 N–H and O–H groups in total. The van der Waals surface area contributed by atoms with Gasteiger partial charge in [0.1, 0.15) is 29.5 Å². The molecule has 8 atom stereocenters. The largest absolute Gasteiger partial charge is 0.507 e. The average molecular weight is 687 g/mol. The lowest BCUT2D eigenvalue weighted by Crippen LogP contribution is -2.56. The van der Waals surface area contributed by atoms with Crippen molar-refractivity contribution in [2.75, 3.05) is 26.8 Å². The third-order valence-corrected chi connectivity index (χ3v) is 9.80. The summed E-state index contributed by atoms with van der Waals surface area (Å²) in [6, 6.07) is 3.05. The van der Waals surface area contributed by atoms with Crippen molar-refractivity contribution in [2.24, 2.45) is 0 Å². The third kappa shape index (κ3) is 6.25. The second-order valence-electron chi connectivity index (χ2n) is 12.8. The number of aromatic hydroxyl groups is 2. The highest BCUT2D eigenvalue weighted by Crippen LogP contribution is 2.52. The maximum Gasteiger partial charge on any atom is 0.202 e. The number of aliphatic hydroxyl groups excluding tert-OH is 3. The third-order valence-electron chi connectivity index (χ3n) is 9.80. The van der Waals surface area contributed by atoms with Crippen molar-refractivity contribution in [2.45, 2.75) is 88.4 Å². The van der Waals surface area contributed by atoms with Gasteiger partial charge in [0.2, 0.25) is 5.78 Å². The van der Waals surface area contributed by atoms with Crippen LogP contribution in [-0.2, 0) is 25.5 Å². The molecule has 266 valence electrons. The number of phenols is 2. The molecular formula is C34H42N2O13. The van der Waals surface area contributed by atoms with Crippen molar-refractivity contribution >= 4 is 23.1 Å². The van der Waals surface area contributed by atoms with Gasteiger partial charge >= 0.3 is 0 Å². The number of carbonyl (C=O) groups excluding carboxylic acids is 4. The van der Waals surface area contributed by atoms with E-state index in [0.717, 1.165) is 0 Å². The van der Waals surface area contributed by atoms with Gasteiger partial charge in [-0.2, -0.15) is 0 Å². The molecule has 15 heteroatoms. The Hall–Kier alpha value is -3.80. The van der Waals surface area contributed by atoms with E-state index in [0.29, 0.717) is 6.54 Å². The van der Waals surface area contributed by atoms with Gasteiger partial charge < -0.3 is 55.5 Å². The number of carbonyl (C=O) groups is 4. The number of rotatable bonds is 9. The fourth-order valence-electron chi connectivity index (χ4n) is 7.24. The van der Waals surface area contributed by atoms with Gasteiger partial charge in [-0.15, -0.1) is 0 Å². The van der Waals surface area contributed by atoms with Crippen molar-refractivity contribution in [3.8, 4) is 17.2 Å². The molecular weight excluding hydrogens is 644 g/mol. The first kappa shape index (κ1) is 36.5. The Labute approximate surface area is 281 Å². The minimum atomic E-state index is -2.31. The maximum atomic E-state index is 13.8. The number of hydrogen-bond acceptors (Lipinski definition) is 15. The molecule has 0 bridgehead atoms. The summed E-state index contributed by atoms with van der Waals surface area (Å²) in [4.78, 5) is 53.1. The van der Waals surface area contributed by atoms with E-state index in [1.54, 1.807) is 6.92 Å². The van der Waals surface area contributed by atoms with E-state index in [-0.39, 0.29) is 60.6 Å². The SMILES string of the molecule is C.COc1cccc2c1C(=O)c1c(O)c3c(c(O)c1C2=O)C[C@@](O)(C(=O)CO)C[C@@H]3OC1CC(NCC(=O)[C@@H]2C[C@@H](O)CN2)C(O)C(C)O1. The molecule has 2 saturated heterocycles. The lowest BCUT2D eigenvalue weighted by Gasteiger charge is -2.43. The molecule has 2 aromatic carbocycles. The van der Waals surface area contributed by atoms with Crippen LogP contribution in [0.25, 0.3) is 0 Å². The summed E-state index contributed by atoms with van der Waals surface area (Å²) in [6.45, 7) is 0.671. The van der Waals surface area contributed by atoms with Crippen LogP contribution in [0, 0.1) is 0 Å². The molecule has 0 radical (unpaired) electrons. The molecule has 2 heterocycles. The van der Waals surface area contributed by atoms with Crippen molar-refractivity contribution in [3.05, 3.63) is 51.6 Å². The summed E-state index contributed by atoms with van der Waals surface area (Å²) in [5, 5.41) is 70.9. The molecule has 0 aromatic heterocycles. The second kappa shape index (κ2) is 13.8. The van der Waals surface area contributed by atoms with Gasteiger partial charge in [-0.25, -0.2) is 0 Å². The standard InChI is InChI=1S/C33H38N2O13.CH4/c1-13-28(40)18(35-11-19(38)17-6-14(37)10-34-17)7-23(47-13)48-21-9-33(45,22(39)12-36)8-16-25(21)32(44)27-26(30(16)42)29(41)15-4-3-5-20(46-2)24(15)31(27)43;/h3-5,13-14,17-18,21,23,28,34-37,40,42,44-45H,6-12H2,1-2H3;1H4/t13?,14-,17+,18?,21+,23?,28?,33+;/m1./s1. The number of ether oxygens (including phenoxy) is 3. The number of nitrogens with one attached hydrogen (secondary N) is 2. The van der Waals surface area contributed by atoms with Crippen molar-refractivity contribution in [1.29, 1.82) is 0 Å².